The number of hydrogen-bond donors (Lipinski definition) is 3. The third-order valence-electron chi connectivity index (χ3n) is 2.37. The number of nitrogens with zero attached hydrogens (tertiary/aromatic N) is 3. The number of pyridine rings is 1. The van der Waals surface area contributed by atoms with Crippen LogP contribution >= 0.6 is 0 Å². The topological polar surface area (TPSA) is 119 Å². The summed E-state index contributed by atoms with van der Waals surface area (Å²) in [5.74, 6) is 0.135. The molecular weight excluding hydrogens is 256 g/mol. The van der Waals surface area contributed by atoms with Crippen LogP contribution in [0.3, 0.4) is 0 Å². The van der Waals surface area contributed by atoms with Gasteiger partial charge in [0.1, 0.15) is 11.5 Å². The van der Waals surface area contributed by atoms with Crippen LogP contribution in [0.4, 0.5) is 23.0 Å². The Morgan fingerprint density at radius 3 is 2.60 bits per heavy atom. The fourth-order valence-electron chi connectivity index (χ4n) is 1.43. The minimum Gasteiger partial charge on any atom is -0.384 e. The summed E-state index contributed by atoms with van der Waals surface area (Å²) >= 11 is 0. The number of amides is 1. The SMILES string of the molecule is NCC(=O)Nc1nc(N)ccc1/N=N/c1ccccc1. The highest BCUT2D eigenvalue weighted by atomic mass is 16.1. The van der Waals surface area contributed by atoms with Gasteiger partial charge in [0.2, 0.25) is 5.91 Å². The molecule has 0 aliphatic carbocycles. The molecule has 0 saturated heterocycles. The van der Waals surface area contributed by atoms with E-state index in [4.69, 9.17) is 11.5 Å². The highest BCUT2D eigenvalue weighted by molar-refractivity contribution is 5.93. The van der Waals surface area contributed by atoms with Crippen LogP contribution in [-0.2, 0) is 4.79 Å². The van der Waals surface area contributed by atoms with Crippen molar-refractivity contribution in [1.29, 1.82) is 0 Å². The number of carbonyl (C=O) groups is 1. The summed E-state index contributed by atoms with van der Waals surface area (Å²) in [5.41, 5.74) is 11.9. The van der Waals surface area contributed by atoms with Crippen molar-refractivity contribution < 1.29 is 4.79 Å². The quantitative estimate of drug-likeness (QED) is 0.736. The van der Waals surface area contributed by atoms with E-state index in [9.17, 15) is 4.79 Å². The zero-order valence-electron chi connectivity index (χ0n) is 10.7. The maximum Gasteiger partial charge on any atom is 0.239 e. The lowest BCUT2D eigenvalue weighted by Crippen LogP contribution is -2.22. The summed E-state index contributed by atoms with van der Waals surface area (Å²) in [7, 11) is 0. The molecule has 2 rings (SSSR count). The van der Waals surface area contributed by atoms with Gasteiger partial charge in [0.05, 0.1) is 12.2 Å². The Hall–Kier alpha value is -2.80. The first-order chi connectivity index (χ1) is 9.69. The summed E-state index contributed by atoms with van der Waals surface area (Å²) in [5, 5.41) is 10.6. The number of anilines is 2. The molecule has 102 valence electrons. The van der Waals surface area contributed by atoms with Gasteiger partial charge >= 0.3 is 0 Å². The van der Waals surface area contributed by atoms with E-state index >= 15 is 0 Å². The number of nitrogens with two attached hydrogens (primary N) is 2. The number of hydrogen-bond acceptors (Lipinski definition) is 6. The Bertz CT molecular complexity index is 626. The van der Waals surface area contributed by atoms with Crippen molar-refractivity contribution in [2.24, 2.45) is 16.0 Å². The molecule has 2 aromatic rings. The van der Waals surface area contributed by atoms with E-state index in [0.717, 1.165) is 0 Å². The van der Waals surface area contributed by atoms with Crippen molar-refractivity contribution in [3.8, 4) is 0 Å². The fourth-order valence-corrected chi connectivity index (χ4v) is 1.43. The van der Waals surface area contributed by atoms with Gasteiger partial charge in [-0.25, -0.2) is 4.98 Å². The Morgan fingerprint density at radius 2 is 1.90 bits per heavy atom. The summed E-state index contributed by atoms with van der Waals surface area (Å²) in [4.78, 5) is 15.3. The molecule has 7 heteroatoms. The van der Waals surface area contributed by atoms with Gasteiger partial charge in [0.15, 0.2) is 5.82 Å². The smallest absolute Gasteiger partial charge is 0.239 e. The molecule has 0 aliphatic heterocycles. The van der Waals surface area contributed by atoms with Crippen LogP contribution in [0.15, 0.2) is 52.7 Å². The normalized spacial score (nSPS) is 10.7. The molecule has 0 spiro atoms. The Kier molecular flexibility index (Phi) is 4.35. The minimum absolute atomic E-state index is 0.147. The first kappa shape index (κ1) is 13.6. The standard InChI is InChI=1S/C13H14N6O/c14-8-12(20)17-13-10(6-7-11(15)16-13)19-18-9-4-2-1-3-5-9/h1-7H,8,14H2,(H3,15,16,17,20)/b19-18+. The average Bonchev–Trinajstić information content (AvgIpc) is 2.47. The minimum atomic E-state index is -0.376. The molecule has 5 N–H and O–H groups in total. The molecular formula is C13H14N6O. The lowest BCUT2D eigenvalue weighted by atomic mass is 10.3. The van der Waals surface area contributed by atoms with Crippen LogP contribution in [0.5, 0.6) is 0 Å². The van der Waals surface area contributed by atoms with Gasteiger partial charge in [-0.05, 0) is 24.3 Å². The van der Waals surface area contributed by atoms with Crippen LogP contribution in [0, 0.1) is 0 Å². The second-order valence-corrected chi connectivity index (χ2v) is 3.89. The van der Waals surface area contributed by atoms with Crippen LogP contribution in [0.1, 0.15) is 0 Å². The lowest BCUT2D eigenvalue weighted by molar-refractivity contribution is -0.114. The number of nitrogens with one attached hydrogen (secondary N) is 1. The Balaban J connectivity index is 2.27. The molecule has 0 unspecified atom stereocenters. The van der Waals surface area contributed by atoms with Crippen LogP contribution in [0.2, 0.25) is 0 Å². The number of rotatable bonds is 4. The molecule has 1 aromatic heterocycles. The van der Waals surface area contributed by atoms with Crippen molar-refractivity contribution in [2.45, 2.75) is 0 Å². The molecule has 1 heterocycles. The van der Waals surface area contributed by atoms with Gasteiger partial charge in [0.25, 0.3) is 0 Å². The molecule has 0 bridgehead atoms. The van der Waals surface area contributed by atoms with Crippen LogP contribution < -0.4 is 16.8 Å². The van der Waals surface area contributed by atoms with E-state index < -0.39 is 0 Å². The average molecular weight is 270 g/mol. The van der Waals surface area contributed by atoms with E-state index in [-0.39, 0.29) is 24.1 Å². The van der Waals surface area contributed by atoms with Gasteiger partial charge < -0.3 is 16.8 Å². The number of nitrogen functional groups attached to an aromatic ring is 1. The number of carbonyl (C=O) groups excluding carboxylic acids is 1. The third-order valence-corrected chi connectivity index (χ3v) is 2.37. The molecule has 1 aromatic carbocycles. The van der Waals surface area contributed by atoms with Gasteiger partial charge in [-0.3, -0.25) is 4.79 Å². The van der Waals surface area contributed by atoms with Crippen molar-refractivity contribution >= 4 is 28.9 Å². The highest BCUT2D eigenvalue weighted by Crippen LogP contribution is 2.26. The van der Waals surface area contributed by atoms with Crippen molar-refractivity contribution in [2.75, 3.05) is 17.6 Å². The van der Waals surface area contributed by atoms with Crippen LogP contribution in [0.25, 0.3) is 0 Å². The number of aromatic nitrogens is 1. The van der Waals surface area contributed by atoms with Gasteiger partial charge in [-0.1, -0.05) is 18.2 Å². The molecule has 0 aliphatic rings. The monoisotopic (exact) mass is 270 g/mol. The van der Waals surface area contributed by atoms with Gasteiger partial charge in [-0.15, -0.1) is 5.11 Å². The second kappa shape index (κ2) is 6.39. The summed E-state index contributed by atoms with van der Waals surface area (Å²) in [6, 6.07) is 12.4. The molecule has 7 nitrogen and oxygen atoms in total. The number of azo groups is 1. The van der Waals surface area contributed by atoms with Crippen LogP contribution in [-0.4, -0.2) is 17.4 Å². The zero-order chi connectivity index (χ0) is 14.4. The number of benzene rings is 1. The van der Waals surface area contributed by atoms with E-state index in [1.54, 1.807) is 12.1 Å². The fraction of sp³-hybridized carbons (Fsp3) is 0.0769. The summed E-state index contributed by atoms with van der Waals surface area (Å²) in [6.45, 7) is -0.147. The van der Waals surface area contributed by atoms with E-state index in [0.29, 0.717) is 11.4 Å². The first-order valence-corrected chi connectivity index (χ1v) is 5.92. The second-order valence-electron chi connectivity index (χ2n) is 3.89. The Morgan fingerprint density at radius 1 is 1.15 bits per heavy atom. The predicted octanol–water partition coefficient (Wildman–Crippen LogP) is 1.98. The highest BCUT2D eigenvalue weighted by Gasteiger charge is 2.07. The lowest BCUT2D eigenvalue weighted by Gasteiger charge is -2.06. The van der Waals surface area contributed by atoms with Crippen molar-refractivity contribution in [3.63, 3.8) is 0 Å². The van der Waals surface area contributed by atoms with E-state index in [1.165, 1.54) is 0 Å². The van der Waals surface area contributed by atoms with Gasteiger partial charge in [-0.2, -0.15) is 5.11 Å². The maximum atomic E-state index is 11.3. The van der Waals surface area contributed by atoms with E-state index in [1.807, 2.05) is 30.3 Å². The maximum absolute atomic E-state index is 11.3. The summed E-state index contributed by atoms with van der Waals surface area (Å²) < 4.78 is 0. The molecule has 20 heavy (non-hydrogen) atoms. The zero-order valence-corrected chi connectivity index (χ0v) is 10.7. The molecule has 0 radical (unpaired) electrons. The largest absolute Gasteiger partial charge is 0.384 e. The molecule has 0 saturated carbocycles. The van der Waals surface area contributed by atoms with Crippen molar-refractivity contribution in [1.82, 2.24) is 4.98 Å². The van der Waals surface area contributed by atoms with Crippen molar-refractivity contribution in [3.05, 3.63) is 42.5 Å². The molecule has 1 amide bonds. The van der Waals surface area contributed by atoms with E-state index in [2.05, 4.69) is 20.5 Å². The Labute approximate surface area is 115 Å². The first-order valence-electron chi connectivity index (χ1n) is 5.92. The third kappa shape index (κ3) is 3.59. The molecule has 0 atom stereocenters. The molecule has 0 fully saturated rings. The summed E-state index contributed by atoms with van der Waals surface area (Å²) in [6.07, 6.45) is 0. The van der Waals surface area contributed by atoms with Gasteiger partial charge in [0, 0.05) is 0 Å². The predicted molar refractivity (Wildman–Crippen MR) is 77.0 cm³/mol.